The summed E-state index contributed by atoms with van der Waals surface area (Å²) >= 11 is 0. The predicted molar refractivity (Wildman–Crippen MR) is 78.7 cm³/mol. The SMILES string of the molecule is COC(=O)[C@@]1(c2ccc(C(C)(C)C)cc2)CC(=O)C=CO1. The number of carbonyl (C=O) groups is 2. The Morgan fingerprint density at radius 3 is 2.33 bits per heavy atom. The van der Waals surface area contributed by atoms with Gasteiger partial charge >= 0.3 is 5.97 Å². The maximum Gasteiger partial charge on any atom is 0.355 e. The Kier molecular flexibility index (Phi) is 3.90. The maximum atomic E-state index is 12.2. The number of hydrogen-bond acceptors (Lipinski definition) is 4. The number of allylic oxidation sites excluding steroid dienone is 1. The smallest absolute Gasteiger partial charge is 0.355 e. The van der Waals surface area contributed by atoms with Gasteiger partial charge in [0.25, 0.3) is 0 Å². The Hall–Kier alpha value is -2.10. The standard InChI is InChI=1S/C17H20O4/c1-16(2,3)12-5-7-13(8-6-12)17(15(19)20-4)11-14(18)9-10-21-17/h5-10H,11H2,1-4H3/t17-/m0/s1. The van der Waals surface area contributed by atoms with Crippen molar-refractivity contribution in [3.8, 4) is 0 Å². The first-order valence-corrected chi connectivity index (χ1v) is 6.86. The molecule has 1 atom stereocenters. The molecule has 1 aromatic rings. The van der Waals surface area contributed by atoms with Crippen LogP contribution in [0.5, 0.6) is 0 Å². The molecule has 0 radical (unpaired) electrons. The minimum atomic E-state index is -1.38. The van der Waals surface area contributed by atoms with E-state index in [0.29, 0.717) is 5.56 Å². The van der Waals surface area contributed by atoms with Crippen LogP contribution in [0.3, 0.4) is 0 Å². The summed E-state index contributed by atoms with van der Waals surface area (Å²) in [7, 11) is 1.29. The van der Waals surface area contributed by atoms with Gasteiger partial charge < -0.3 is 9.47 Å². The molecule has 0 fully saturated rings. The molecule has 112 valence electrons. The molecule has 0 saturated heterocycles. The molecule has 1 heterocycles. The molecule has 4 heteroatoms. The lowest BCUT2D eigenvalue weighted by atomic mass is 9.82. The molecule has 0 bridgehead atoms. The van der Waals surface area contributed by atoms with Crippen LogP contribution in [0.1, 0.15) is 38.3 Å². The van der Waals surface area contributed by atoms with E-state index in [1.165, 1.54) is 19.4 Å². The zero-order valence-corrected chi connectivity index (χ0v) is 12.8. The molecule has 0 spiro atoms. The minimum absolute atomic E-state index is 0.0140. The van der Waals surface area contributed by atoms with Crippen LogP contribution < -0.4 is 0 Å². The maximum absolute atomic E-state index is 12.2. The van der Waals surface area contributed by atoms with Crippen molar-refractivity contribution in [3.63, 3.8) is 0 Å². The molecule has 0 N–H and O–H groups in total. The molecular formula is C17H20O4. The lowest BCUT2D eigenvalue weighted by molar-refractivity contribution is -0.168. The predicted octanol–water partition coefficient (Wildman–Crippen LogP) is 2.86. The van der Waals surface area contributed by atoms with Crippen molar-refractivity contribution in [2.75, 3.05) is 7.11 Å². The van der Waals surface area contributed by atoms with Gasteiger partial charge in [-0.15, -0.1) is 0 Å². The van der Waals surface area contributed by atoms with Gasteiger partial charge in [0.1, 0.15) is 0 Å². The Labute approximate surface area is 124 Å². The molecule has 0 saturated carbocycles. The van der Waals surface area contributed by atoms with Gasteiger partial charge in [0.05, 0.1) is 19.8 Å². The topological polar surface area (TPSA) is 52.6 Å². The van der Waals surface area contributed by atoms with E-state index in [9.17, 15) is 9.59 Å². The van der Waals surface area contributed by atoms with Crippen molar-refractivity contribution < 1.29 is 19.1 Å². The summed E-state index contributed by atoms with van der Waals surface area (Å²) in [6.45, 7) is 6.34. The third kappa shape index (κ3) is 2.84. The van der Waals surface area contributed by atoms with Crippen LogP contribution in [0.2, 0.25) is 0 Å². The molecule has 0 aliphatic carbocycles. The Bertz CT molecular complexity index is 578. The van der Waals surface area contributed by atoms with E-state index in [1.807, 2.05) is 24.3 Å². The van der Waals surface area contributed by atoms with Gasteiger partial charge in [0, 0.05) is 11.6 Å². The molecule has 0 aromatic heterocycles. The van der Waals surface area contributed by atoms with E-state index < -0.39 is 11.6 Å². The molecular weight excluding hydrogens is 268 g/mol. The minimum Gasteiger partial charge on any atom is -0.478 e. The summed E-state index contributed by atoms with van der Waals surface area (Å²) in [6, 6.07) is 7.55. The van der Waals surface area contributed by atoms with Crippen LogP contribution in [0.25, 0.3) is 0 Å². The average molecular weight is 288 g/mol. The largest absolute Gasteiger partial charge is 0.478 e. The fraction of sp³-hybridized carbons (Fsp3) is 0.412. The van der Waals surface area contributed by atoms with Crippen LogP contribution in [0.15, 0.2) is 36.6 Å². The number of rotatable bonds is 2. The zero-order valence-electron chi connectivity index (χ0n) is 12.8. The van der Waals surface area contributed by atoms with Gasteiger partial charge in [-0.3, -0.25) is 4.79 Å². The number of carbonyl (C=O) groups excluding carboxylic acids is 2. The van der Waals surface area contributed by atoms with Crippen molar-refractivity contribution in [3.05, 3.63) is 47.7 Å². The highest BCUT2D eigenvalue weighted by Gasteiger charge is 2.46. The van der Waals surface area contributed by atoms with E-state index in [0.717, 1.165) is 5.56 Å². The first-order valence-electron chi connectivity index (χ1n) is 6.86. The first-order chi connectivity index (χ1) is 9.79. The van der Waals surface area contributed by atoms with Gasteiger partial charge in [-0.2, -0.15) is 0 Å². The Balaban J connectivity index is 2.46. The molecule has 0 amide bonds. The van der Waals surface area contributed by atoms with Crippen molar-refractivity contribution in [1.82, 2.24) is 0 Å². The third-order valence-corrected chi connectivity index (χ3v) is 3.68. The number of hydrogen-bond donors (Lipinski definition) is 0. The quantitative estimate of drug-likeness (QED) is 0.785. The normalized spacial score (nSPS) is 21.8. The summed E-state index contributed by atoms with van der Waals surface area (Å²) < 4.78 is 10.4. The van der Waals surface area contributed by atoms with Crippen molar-refractivity contribution in [2.45, 2.75) is 38.2 Å². The van der Waals surface area contributed by atoms with Crippen molar-refractivity contribution in [2.24, 2.45) is 0 Å². The number of benzene rings is 1. The van der Waals surface area contributed by atoms with Gasteiger partial charge in [0.2, 0.25) is 5.60 Å². The highest BCUT2D eigenvalue weighted by Crippen LogP contribution is 2.35. The number of esters is 1. The fourth-order valence-electron chi connectivity index (χ4n) is 2.38. The summed E-state index contributed by atoms with van der Waals surface area (Å²) in [5, 5.41) is 0. The van der Waals surface area contributed by atoms with Gasteiger partial charge in [0.15, 0.2) is 5.78 Å². The summed E-state index contributed by atoms with van der Waals surface area (Å²) in [4.78, 5) is 23.9. The van der Waals surface area contributed by atoms with E-state index in [4.69, 9.17) is 9.47 Å². The second kappa shape index (κ2) is 5.35. The third-order valence-electron chi connectivity index (χ3n) is 3.68. The van der Waals surface area contributed by atoms with E-state index >= 15 is 0 Å². The molecule has 1 aliphatic rings. The highest BCUT2D eigenvalue weighted by molar-refractivity contribution is 5.96. The van der Waals surface area contributed by atoms with Gasteiger partial charge in [-0.25, -0.2) is 4.79 Å². The van der Waals surface area contributed by atoms with Crippen molar-refractivity contribution >= 4 is 11.8 Å². The summed E-state index contributed by atoms with van der Waals surface area (Å²) in [5.74, 6) is -0.727. The van der Waals surface area contributed by atoms with E-state index in [1.54, 1.807) is 0 Å². The Morgan fingerprint density at radius 1 is 1.24 bits per heavy atom. The molecule has 1 aliphatic heterocycles. The average Bonchev–Trinajstić information content (AvgIpc) is 2.45. The van der Waals surface area contributed by atoms with Gasteiger partial charge in [-0.1, -0.05) is 45.0 Å². The molecule has 0 unspecified atom stereocenters. The van der Waals surface area contributed by atoms with Crippen LogP contribution in [0, 0.1) is 0 Å². The van der Waals surface area contributed by atoms with Crippen LogP contribution in [-0.4, -0.2) is 18.9 Å². The lowest BCUT2D eigenvalue weighted by Crippen LogP contribution is -2.42. The van der Waals surface area contributed by atoms with Crippen LogP contribution in [-0.2, 0) is 30.1 Å². The zero-order chi connectivity index (χ0) is 15.7. The summed E-state index contributed by atoms with van der Waals surface area (Å²) in [6.07, 6.45) is 2.54. The second-order valence-corrected chi connectivity index (χ2v) is 6.21. The molecule has 1 aromatic carbocycles. The van der Waals surface area contributed by atoms with Crippen LogP contribution in [0.4, 0.5) is 0 Å². The molecule has 4 nitrogen and oxygen atoms in total. The number of ketones is 1. The first kappa shape index (κ1) is 15.3. The highest BCUT2D eigenvalue weighted by atomic mass is 16.6. The van der Waals surface area contributed by atoms with Gasteiger partial charge in [-0.05, 0) is 11.0 Å². The lowest BCUT2D eigenvalue weighted by Gasteiger charge is -2.32. The number of methoxy groups -OCH3 is 1. The monoisotopic (exact) mass is 288 g/mol. The van der Waals surface area contributed by atoms with E-state index in [2.05, 4.69) is 20.8 Å². The van der Waals surface area contributed by atoms with Crippen LogP contribution >= 0.6 is 0 Å². The van der Waals surface area contributed by atoms with Crippen molar-refractivity contribution in [1.29, 1.82) is 0 Å². The Morgan fingerprint density at radius 2 is 1.86 bits per heavy atom. The molecule has 2 rings (SSSR count). The summed E-state index contributed by atoms with van der Waals surface area (Å²) in [5.41, 5.74) is 0.404. The second-order valence-electron chi connectivity index (χ2n) is 6.21. The molecule has 21 heavy (non-hydrogen) atoms. The van der Waals surface area contributed by atoms with E-state index in [-0.39, 0.29) is 17.6 Å². The fourth-order valence-corrected chi connectivity index (χ4v) is 2.38. The number of ether oxygens (including phenoxy) is 2.